The number of nitrogens with one attached hydrogen (secondary N) is 2. The van der Waals surface area contributed by atoms with Crippen molar-refractivity contribution in [1.29, 1.82) is 0 Å². The van der Waals surface area contributed by atoms with Crippen molar-refractivity contribution < 1.29 is 58.6 Å². The molecule has 6 atom stereocenters. The average molecular weight is 1020 g/mol. The van der Waals surface area contributed by atoms with E-state index in [2.05, 4.69) is 24.5 Å². The highest BCUT2D eigenvalue weighted by atomic mass is 16.5. The van der Waals surface area contributed by atoms with Gasteiger partial charge in [-0.25, -0.2) is 9.86 Å². The molecule has 0 radical (unpaired) electrons. The predicted molar refractivity (Wildman–Crippen MR) is 280 cm³/mol. The van der Waals surface area contributed by atoms with Crippen molar-refractivity contribution >= 4 is 54.5 Å². The van der Waals surface area contributed by atoms with Crippen molar-refractivity contribution in [2.75, 3.05) is 33.7 Å². The molecule has 3 aromatic rings. The Kier molecular flexibility index (Phi) is 33.6. The number of aliphatic carboxylic acids is 2. The van der Waals surface area contributed by atoms with Gasteiger partial charge in [-0.2, -0.15) is 0 Å². The molecule has 3 unspecified atom stereocenters. The lowest BCUT2D eigenvalue weighted by Gasteiger charge is -2.24. The van der Waals surface area contributed by atoms with Gasteiger partial charge in [-0.1, -0.05) is 133 Å². The third kappa shape index (κ3) is 31.3. The second-order valence-electron chi connectivity index (χ2n) is 19.5. The smallest absolute Gasteiger partial charge is 0.326 e. The number of nitrogens with two attached hydrogens (primary N) is 1. The van der Waals surface area contributed by atoms with E-state index in [1.807, 2.05) is 119 Å². The summed E-state index contributed by atoms with van der Waals surface area (Å²) in [5.74, 6) is -3.41. The summed E-state index contributed by atoms with van der Waals surface area (Å²) in [6, 6.07) is 26.5. The maximum Gasteiger partial charge on any atom is 0.326 e. The number of amides is 5. The highest BCUT2D eigenvalue weighted by molar-refractivity contribution is 5.89. The Labute approximate surface area is 432 Å². The van der Waals surface area contributed by atoms with E-state index in [4.69, 9.17) is 10.8 Å². The topological polar surface area (TPSA) is 274 Å². The molecule has 18 nitrogen and oxygen atoms in total. The van der Waals surface area contributed by atoms with Crippen molar-refractivity contribution in [3.63, 3.8) is 0 Å². The third-order valence-electron chi connectivity index (χ3n) is 11.1. The van der Waals surface area contributed by atoms with Crippen LogP contribution in [-0.2, 0) is 62.4 Å². The number of rotatable bonds is 29. The fourth-order valence-corrected chi connectivity index (χ4v) is 7.20. The highest BCUT2D eigenvalue weighted by Crippen LogP contribution is 2.15. The van der Waals surface area contributed by atoms with Crippen LogP contribution in [0, 0.1) is 35.5 Å². The molecule has 404 valence electrons. The molecule has 0 saturated carbocycles. The van der Waals surface area contributed by atoms with Crippen LogP contribution in [0.15, 0.2) is 91.0 Å². The lowest BCUT2D eigenvalue weighted by atomic mass is 9.95. The Hall–Kier alpha value is -6.79. The number of carboxylic acids is 2. The fraction of sp³-hybridized carbons (Fsp3) is 0.509. The normalized spacial score (nSPS) is 13.0. The average Bonchev–Trinajstić information content (AvgIpc) is 3.33. The lowest BCUT2D eigenvalue weighted by Crippen LogP contribution is -2.47. The van der Waals surface area contributed by atoms with Gasteiger partial charge < -0.3 is 36.4 Å². The van der Waals surface area contributed by atoms with E-state index < -0.39 is 47.7 Å². The molecule has 0 heterocycles. The molecule has 0 saturated heterocycles. The first-order chi connectivity index (χ1) is 34.3. The van der Waals surface area contributed by atoms with Gasteiger partial charge in [0.2, 0.25) is 31.0 Å². The number of ketones is 2. The zero-order valence-corrected chi connectivity index (χ0v) is 44.4. The van der Waals surface area contributed by atoms with Gasteiger partial charge in [0.05, 0.1) is 36.4 Å². The number of hydrogen-bond acceptors (Lipinski definition) is 11. The summed E-state index contributed by atoms with van der Waals surface area (Å²) in [6.45, 7) is 15.3. The second-order valence-corrected chi connectivity index (χ2v) is 19.5. The summed E-state index contributed by atoms with van der Waals surface area (Å²) in [7, 11) is 3.22. The minimum atomic E-state index is -1.10. The zero-order valence-electron chi connectivity index (χ0n) is 44.4. The molecule has 73 heavy (non-hydrogen) atoms. The van der Waals surface area contributed by atoms with Crippen molar-refractivity contribution in [3.05, 3.63) is 108 Å². The highest BCUT2D eigenvalue weighted by Gasteiger charge is 2.28. The van der Waals surface area contributed by atoms with E-state index in [9.17, 15) is 53.5 Å². The number of carbonyl (C=O) groups excluding carboxylic acids is 7. The largest absolute Gasteiger partial charge is 0.481 e. The standard InChI is InChI=1S/C19H28N2O3.C17H24N2O5.C12H15NO3.C7H15NO/c1-14(2)10-18(15(3)23)20-19(24)17(12-21(4)13-22)11-16-8-6-5-7-9-16;1-12(2)8-15(17(22)23)18-16(21)14(10-19(24)11-20)9-13-6-4-3-5-7-13;1-13(9-14)8-11(12(15)16)7-10-5-3-2-4-6-10;1-5(2)4-7(8)6(3)9/h5-9,13-14,17-18H,10-12H2,1-4H3,(H,20,24);3-7,11-12,14-15,24H,8-10H2,1-2H3,(H,18,21)(H,22,23);2-6,9,11H,7-8H2,1H3,(H,15,16);5,7H,4,8H2,1-3H3/t17?,18-;14?,15-;;7-/m11.1/s1. The minimum absolute atomic E-state index is 0.0424. The molecule has 5 amide bonds. The quantitative estimate of drug-likeness (QED) is 0.0292. The molecule has 0 spiro atoms. The molecule has 0 aliphatic rings. The van der Waals surface area contributed by atoms with Gasteiger partial charge in [-0.15, -0.1) is 0 Å². The van der Waals surface area contributed by atoms with Crippen LogP contribution in [0.5, 0.6) is 0 Å². The molecule has 0 aliphatic heterocycles. The van der Waals surface area contributed by atoms with Gasteiger partial charge in [-0.05, 0) is 86.8 Å². The SMILES string of the molecule is CC(=O)[C@@H](CC(C)C)NC(=O)C(Cc1ccccc1)CN(C)C=O.CC(=O)[C@H](N)CC(C)C.CC(C)C[C@@H](NC(=O)C(Cc1ccccc1)CN(O)C=O)C(=O)O.CN(C=O)CC(Cc1ccccc1)C(=O)O. The fourth-order valence-electron chi connectivity index (χ4n) is 7.20. The van der Waals surface area contributed by atoms with E-state index in [1.165, 1.54) is 23.6 Å². The van der Waals surface area contributed by atoms with Crippen LogP contribution in [0.1, 0.15) is 91.3 Å². The maximum atomic E-state index is 12.7. The van der Waals surface area contributed by atoms with Crippen molar-refractivity contribution in [3.8, 4) is 0 Å². The molecule has 0 aromatic heterocycles. The van der Waals surface area contributed by atoms with Crippen LogP contribution < -0.4 is 16.4 Å². The van der Waals surface area contributed by atoms with Crippen molar-refractivity contribution in [2.24, 2.45) is 41.2 Å². The number of Topliss-reactive ketones (excluding diaryl/α,β-unsaturated/α-hetero) is 2. The van der Waals surface area contributed by atoms with Crippen LogP contribution in [0.25, 0.3) is 0 Å². The Morgan fingerprint density at radius 1 is 0.507 bits per heavy atom. The molecule has 0 fully saturated rings. The summed E-state index contributed by atoms with van der Waals surface area (Å²) in [4.78, 5) is 105. The van der Waals surface area contributed by atoms with Crippen LogP contribution in [-0.4, -0.2) is 137 Å². The molecule has 18 heteroatoms. The number of nitrogens with zero attached hydrogens (tertiary/aromatic N) is 3. The van der Waals surface area contributed by atoms with Crippen molar-refractivity contribution in [2.45, 2.75) is 112 Å². The third-order valence-corrected chi connectivity index (χ3v) is 11.1. The van der Waals surface area contributed by atoms with Gasteiger partial charge in [-0.3, -0.25) is 43.6 Å². The number of carbonyl (C=O) groups is 9. The summed E-state index contributed by atoms with van der Waals surface area (Å²) in [5, 5.41) is 33.5. The molecule has 0 aliphatic carbocycles. The number of hydrogen-bond donors (Lipinski definition) is 6. The van der Waals surface area contributed by atoms with Gasteiger partial charge in [0.1, 0.15) is 11.8 Å². The van der Waals surface area contributed by atoms with Crippen LogP contribution >= 0.6 is 0 Å². The Morgan fingerprint density at radius 3 is 1.15 bits per heavy atom. The first kappa shape index (κ1) is 66.2. The first-order valence-corrected chi connectivity index (χ1v) is 24.5. The van der Waals surface area contributed by atoms with E-state index in [0.717, 1.165) is 23.1 Å². The number of carboxylic acid groups (broad SMARTS) is 2. The number of hydroxylamine groups is 2. The van der Waals surface area contributed by atoms with E-state index in [-0.39, 0.29) is 55.4 Å². The van der Waals surface area contributed by atoms with Crippen LogP contribution in [0.2, 0.25) is 0 Å². The van der Waals surface area contributed by atoms with Gasteiger partial charge >= 0.3 is 11.9 Å². The van der Waals surface area contributed by atoms with Gasteiger partial charge in [0.15, 0.2) is 5.78 Å². The van der Waals surface area contributed by atoms with Crippen molar-refractivity contribution in [1.82, 2.24) is 25.5 Å². The number of benzene rings is 3. The van der Waals surface area contributed by atoms with Crippen LogP contribution in [0.3, 0.4) is 0 Å². The summed E-state index contributed by atoms with van der Waals surface area (Å²) >= 11 is 0. The van der Waals surface area contributed by atoms with E-state index in [0.29, 0.717) is 61.9 Å². The summed E-state index contributed by atoms with van der Waals surface area (Å²) < 4.78 is 0. The van der Waals surface area contributed by atoms with Crippen LogP contribution in [0.4, 0.5) is 0 Å². The summed E-state index contributed by atoms with van der Waals surface area (Å²) in [6.07, 6.45) is 4.53. The molecular formula is C55H82N6O12. The maximum absolute atomic E-state index is 12.7. The molecule has 3 rings (SSSR count). The van der Waals surface area contributed by atoms with Gasteiger partial charge in [0, 0.05) is 27.2 Å². The first-order valence-electron chi connectivity index (χ1n) is 24.5. The van der Waals surface area contributed by atoms with E-state index >= 15 is 0 Å². The second kappa shape index (κ2) is 37.0. The Bertz CT molecular complexity index is 1990. The molecular weight excluding hydrogens is 937 g/mol. The van der Waals surface area contributed by atoms with E-state index in [1.54, 1.807) is 14.1 Å². The molecule has 0 bridgehead atoms. The van der Waals surface area contributed by atoms with Gasteiger partial charge in [0.25, 0.3) is 0 Å². The summed E-state index contributed by atoms with van der Waals surface area (Å²) in [5.41, 5.74) is 8.32. The molecule has 3 aromatic carbocycles. The monoisotopic (exact) mass is 1020 g/mol. The Balaban J connectivity index is 0.000000997. The molecule has 7 N–H and O–H groups in total. The predicted octanol–water partition coefficient (Wildman–Crippen LogP) is 5.33. The lowest BCUT2D eigenvalue weighted by molar-refractivity contribution is -0.155. The zero-order chi connectivity index (χ0) is 55.6. The Morgan fingerprint density at radius 2 is 0.849 bits per heavy atom. The minimum Gasteiger partial charge on any atom is -0.481 e.